The molecule has 4 N–H and O–H groups in total. The predicted octanol–water partition coefficient (Wildman–Crippen LogP) is 2.65. The molecule has 1 aliphatic carbocycles. The summed E-state index contributed by atoms with van der Waals surface area (Å²) in [7, 11) is 0. The third kappa shape index (κ3) is 5.94. The zero-order valence-corrected chi connectivity index (χ0v) is 18.8. The highest BCUT2D eigenvalue weighted by molar-refractivity contribution is 7.18. The number of pyridine rings is 1. The van der Waals surface area contributed by atoms with Gasteiger partial charge in [-0.2, -0.15) is 0 Å². The molecule has 0 spiro atoms. The number of rotatable bonds is 8. The predicted molar refractivity (Wildman–Crippen MR) is 122 cm³/mol. The molecule has 1 fully saturated rings. The fraction of sp³-hybridized carbons (Fsp3) is 0.545. The summed E-state index contributed by atoms with van der Waals surface area (Å²) in [5.41, 5.74) is 2.27. The molecule has 9 heteroatoms. The molecule has 4 rings (SSSR count). The van der Waals surface area contributed by atoms with Gasteiger partial charge in [0.05, 0.1) is 24.1 Å². The van der Waals surface area contributed by atoms with Crippen molar-refractivity contribution in [3.63, 3.8) is 0 Å². The molecule has 0 aliphatic heterocycles. The van der Waals surface area contributed by atoms with Crippen molar-refractivity contribution < 1.29 is 10.2 Å². The van der Waals surface area contributed by atoms with E-state index in [0.29, 0.717) is 18.9 Å². The van der Waals surface area contributed by atoms with E-state index in [9.17, 15) is 10.2 Å². The van der Waals surface area contributed by atoms with Gasteiger partial charge in [-0.25, -0.2) is 19.9 Å². The van der Waals surface area contributed by atoms with E-state index >= 15 is 0 Å². The fourth-order valence-corrected chi connectivity index (χ4v) is 4.55. The van der Waals surface area contributed by atoms with Crippen molar-refractivity contribution in [2.24, 2.45) is 0 Å². The summed E-state index contributed by atoms with van der Waals surface area (Å²) >= 11 is 1.58. The summed E-state index contributed by atoms with van der Waals surface area (Å²) in [6.45, 7) is 4.48. The molecule has 0 bridgehead atoms. The number of fused-ring (bicyclic) bond motifs is 1. The lowest BCUT2D eigenvalue weighted by molar-refractivity contribution is 0.126. The smallest absolute Gasteiger partial charge is 0.223 e. The standard InChI is InChI=1S/C22H30N6O2S/c1-22(2,13-29)24-12-16-10-15(11-19-28-18-4-3-9-23-20(18)31-19)26-21(27-16)25-14-5-7-17(30)8-6-14/h3-4,9-10,14,17,24,29-30H,5-8,11-13H2,1-2H3,(H,25,26,27). The molecule has 0 radical (unpaired) electrons. The van der Waals surface area contributed by atoms with Crippen LogP contribution in [0.2, 0.25) is 0 Å². The number of thiazole rings is 1. The van der Waals surface area contributed by atoms with Crippen LogP contribution in [0.1, 0.15) is 55.9 Å². The van der Waals surface area contributed by atoms with Crippen molar-refractivity contribution in [1.82, 2.24) is 25.3 Å². The first kappa shape index (κ1) is 22.0. The second-order valence-electron chi connectivity index (χ2n) is 8.83. The largest absolute Gasteiger partial charge is 0.394 e. The molecule has 1 saturated carbocycles. The van der Waals surface area contributed by atoms with Crippen LogP contribution in [0.3, 0.4) is 0 Å². The normalized spacial score (nSPS) is 19.6. The number of nitrogens with zero attached hydrogens (tertiary/aromatic N) is 4. The summed E-state index contributed by atoms with van der Waals surface area (Å²) in [4.78, 5) is 19.5. The Labute approximate surface area is 186 Å². The van der Waals surface area contributed by atoms with Gasteiger partial charge in [0.2, 0.25) is 5.95 Å². The molecule has 3 heterocycles. The zero-order chi connectivity index (χ0) is 21.8. The van der Waals surface area contributed by atoms with Gasteiger partial charge in [0, 0.05) is 30.7 Å². The maximum Gasteiger partial charge on any atom is 0.223 e. The third-order valence-electron chi connectivity index (χ3n) is 5.55. The number of hydrogen-bond acceptors (Lipinski definition) is 9. The summed E-state index contributed by atoms with van der Waals surface area (Å²) in [6, 6.07) is 6.13. The highest BCUT2D eigenvalue weighted by Gasteiger charge is 2.21. The van der Waals surface area contributed by atoms with Crippen LogP contribution in [0.25, 0.3) is 10.3 Å². The molecule has 0 amide bonds. The number of hydrogen-bond donors (Lipinski definition) is 4. The Morgan fingerprint density at radius 2 is 1.90 bits per heavy atom. The number of anilines is 1. The zero-order valence-electron chi connectivity index (χ0n) is 18.0. The van der Waals surface area contributed by atoms with Crippen molar-refractivity contribution in [1.29, 1.82) is 0 Å². The summed E-state index contributed by atoms with van der Waals surface area (Å²) in [5.74, 6) is 0.608. The van der Waals surface area contributed by atoms with Crippen LogP contribution in [0.15, 0.2) is 24.4 Å². The first-order valence-corrected chi connectivity index (χ1v) is 11.6. The van der Waals surface area contributed by atoms with Crippen LogP contribution in [-0.2, 0) is 13.0 Å². The number of aliphatic hydroxyl groups is 2. The molecule has 166 valence electrons. The summed E-state index contributed by atoms with van der Waals surface area (Å²) < 4.78 is 0. The van der Waals surface area contributed by atoms with Crippen LogP contribution in [0.4, 0.5) is 5.95 Å². The van der Waals surface area contributed by atoms with E-state index in [4.69, 9.17) is 9.97 Å². The van der Waals surface area contributed by atoms with Gasteiger partial charge in [-0.15, -0.1) is 0 Å². The maximum atomic E-state index is 9.78. The van der Waals surface area contributed by atoms with Gasteiger partial charge in [0.1, 0.15) is 15.4 Å². The molecule has 1 aliphatic rings. The minimum atomic E-state index is -0.392. The Morgan fingerprint density at radius 3 is 2.65 bits per heavy atom. The lowest BCUT2D eigenvalue weighted by Gasteiger charge is -2.26. The highest BCUT2D eigenvalue weighted by atomic mass is 32.1. The molecule has 3 aromatic heterocycles. The van der Waals surface area contributed by atoms with Gasteiger partial charge in [-0.3, -0.25) is 0 Å². The topological polar surface area (TPSA) is 116 Å². The Balaban J connectivity index is 1.55. The van der Waals surface area contributed by atoms with Crippen LogP contribution < -0.4 is 10.6 Å². The first-order valence-electron chi connectivity index (χ1n) is 10.8. The van der Waals surface area contributed by atoms with Crippen LogP contribution in [0, 0.1) is 0 Å². The number of aromatic nitrogens is 4. The molecular weight excluding hydrogens is 412 g/mol. The van der Waals surface area contributed by atoms with Gasteiger partial charge in [0.15, 0.2) is 0 Å². The van der Waals surface area contributed by atoms with Crippen LogP contribution >= 0.6 is 11.3 Å². The van der Waals surface area contributed by atoms with Gasteiger partial charge < -0.3 is 20.8 Å². The molecule has 3 aromatic rings. The Hall–Kier alpha value is -2.20. The molecule has 0 atom stereocenters. The lowest BCUT2D eigenvalue weighted by Crippen LogP contribution is -2.42. The van der Waals surface area contributed by atoms with Crippen LogP contribution in [0.5, 0.6) is 0 Å². The summed E-state index contributed by atoms with van der Waals surface area (Å²) in [6.07, 6.45) is 5.61. The van der Waals surface area contributed by atoms with E-state index in [1.165, 1.54) is 0 Å². The van der Waals surface area contributed by atoms with Gasteiger partial charge in [-0.1, -0.05) is 11.3 Å². The van der Waals surface area contributed by atoms with E-state index < -0.39 is 5.54 Å². The maximum absolute atomic E-state index is 9.78. The Kier molecular flexibility index (Phi) is 6.76. The molecule has 0 saturated heterocycles. The van der Waals surface area contributed by atoms with E-state index in [1.54, 1.807) is 17.5 Å². The molecule has 0 unspecified atom stereocenters. The quantitative estimate of drug-likeness (QED) is 0.421. The van der Waals surface area contributed by atoms with E-state index in [1.807, 2.05) is 32.0 Å². The molecular formula is C22H30N6O2S. The monoisotopic (exact) mass is 442 g/mol. The second kappa shape index (κ2) is 9.52. The number of aliphatic hydroxyl groups excluding tert-OH is 2. The molecule has 0 aromatic carbocycles. The van der Waals surface area contributed by atoms with E-state index in [-0.39, 0.29) is 18.8 Å². The van der Waals surface area contributed by atoms with Gasteiger partial charge in [0.25, 0.3) is 0 Å². The average molecular weight is 443 g/mol. The molecule has 8 nitrogen and oxygen atoms in total. The third-order valence-corrected chi connectivity index (χ3v) is 6.53. The van der Waals surface area contributed by atoms with Crippen molar-refractivity contribution in [2.75, 3.05) is 11.9 Å². The van der Waals surface area contributed by atoms with Gasteiger partial charge >= 0.3 is 0 Å². The lowest BCUT2D eigenvalue weighted by atomic mass is 9.93. The van der Waals surface area contributed by atoms with Crippen molar-refractivity contribution in [3.8, 4) is 0 Å². The highest BCUT2D eigenvalue weighted by Crippen LogP contribution is 2.24. The second-order valence-corrected chi connectivity index (χ2v) is 9.89. The van der Waals surface area contributed by atoms with Gasteiger partial charge in [-0.05, 0) is 57.7 Å². The Morgan fingerprint density at radius 1 is 1.13 bits per heavy atom. The molecule has 31 heavy (non-hydrogen) atoms. The van der Waals surface area contributed by atoms with Crippen molar-refractivity contribution >= 4 is 27.6 Å². The van der Waals surface area contributed by atoms with Crippen LogP contribution in [-0.4, -0.2) is 54.4 Å². The number of nitrogens with one attached hydrogen (secondary N) is 2. The Bertz CT molecular complexity index is 983. The van der Waals surface area contributed by atoms with Crippen molar-refractivity contribution in [2.45, 2.75) is 70.2 Å². The van der Waals surface area contributed by atoms with Crippen molar-refractivity contribution in [3.05, 3.63) is 40.8 Å². The fourth-order valence-electron chi connectivity index (χ4n) is 3.63. The minimum absolute atomic E-state index is 0.0408. The SMILES string of the molecule is CC(C)(CO)NCc1cc(Cc2nc3cccnc3s2)nc(NC2CCC(O)CC2)n1. The minimum Gasteiger partial charge on any atom is -0.394 e. The van der Waals surface area contributed by atoms with E-state index in [0.717, 1.165) is 52.4 Å². The van der Waals surface area contributed by atoms with E-state index in [2.05, 4.69) is 20.6 Å². The summed E-state index contributed by atoms with van der Waals surface area (Å²) in [5, 5.41) is 27.1. The first-order chi connectivity index (χ1) is 14.9. The average Bonchev–Trinajstić information content (AvgIpc) is 3.16.